The van der Waals surface area contributed by atoms with Gasteiger partial charge < -0.3 is 20.1 Å². The standard InChI is InChI=1S/C27H30N4O3/c28-26(29)18-8-6-17(7-9-18)25-23-22(19-2-1-11-30(19)25)24(16-4-5-16)31(27(23)32)13-15-3-10-20-21(12-15)34-14-33-20/h3,6-10,12,16,19,22-25H,1-2,4-5,11,13-14H2,(H3,28,29)/t19-,22-,23-,24+,25?/m0/s1. The number of amides is 1. The number of likely N-dealkylation sites (tertiary alicyclic amines) is 1. The Hall–Kier alpha value is -3.06. The quantitative estimate of drug-likeness (QED) is 0.530. The Morgan fingerprint density at radius 2 is 1.85 bits per heavy atom. The van der Waals surface area contributed by atoms with E-state index in [9.17, 15) is 4.79 Å². The van der Waals surface area contributed by atoms with Crippen LogP contribution < -0.4 is 15.2 Å². The Labute approximate surface area is 199 Å². The van der Waals surface area contributed by atoms with Crippen LogP contribution in [0.15, 0.2) is 42.5 Å². The summed E-state index contributed by atoms with van der Waals surface area (Å²) in [5.74, 6) is 2.93. The molecule has 7 heteroatoms. The summed E-state index contributed by atoms with van der Waals surface area (Å²) in [4.78, 5) is 19.0. The zero-order valence-electron chi connectivity index (χ0n) is 19.2. The minimum absolute atomic E-state index is 0.00640. The first-order valence-electron chi connectivity index (χ1n) is 12.5. The third kappa shape index (κ3) is 2.99. The predicted octanol–water partition coefficient (Wildman–Crippen LogP) is 3.27. The van der Waals surface area contributed by atoms with Crippen molar-refractivity contribution in [1.29, 1.82) is 5.41 Å². The summed E-state index contributed by atoms with van der Waals surface area (Å²) < 4.78 is 11.1. The second kappa shape index (κ2) is 7.47. The molecule has 4 aliphatic heterocycles. The van der Waals surface area contributed by atoms with E-state index < -0.39 is 0 Å². The maximum Gasteiger partial charge on any atom is 0.231 e. The molecule has 4 heterocycles. The SMILES string of the molecule is N=C(N)c1ccc(C2[C@H]3C(=O)N(Cc4ccc5c(c4)OCO5)[C@H](C4CC4)[C@H]3[C@@H]3CCCN23)cc1. The van der Waals surface area contributed by atoms with Gasteiger partial charge in [0.15, 0.2) is 11.5 Å². The van der Waals surface area contributed by atoms with Crippen molar-refractivity contribution in [2.24, 2.45) is 23.5 Å². The lowest BCUT2D eigenvalue weighted by molar-refractivity contribution is -0.134. The van der Waals surface area contributed by atoms with Crippen LogP contribution in [-0.4, -0.2) is 47.0 Å². The molecule has 0 aromatic heterocycles. The Morgan fingerprint density at radius 3 is 2.62 bits per heavy atom. The molecule has 2 aromatic rings. The molecular formula is C27H30N4O3. The minimum Gasteiger partial charge on any atom is -0.454 e. The number of benzene rings is 2. The number of rotatable bonds is 5. The summed E-state index contributed by atoms with van der Waals surface area (Å²) in [5.41, 5.74) is 8.70. The number of ether oxygens (including phenoxy) is 2. The minimum atomic E-state index is -0.00640. The predicted molar refractivity (Wildman–Crippen MR) is 127 cm³/mol. The largest absolute Gasteiger partial charge is 0.454 e. The van der Waals surface area contributed by atoms with Crippen LogP contribution in [0.4, 0.5) is 0 Å². The third-order valence-corrected chi connectivity index (χ3v) is 8.68. The van der Waals surface area contributed by atoms with E-state index in [2.05, 4.69) is 28.0 Å². The molecule has 0 radical (unpaired) electrons. The molecule has 1 amide bonds. The van der Waals surface area contributed by atoms with Gasteiger partial charge in [-0.2, -0.15) is 0 Å². The zero-order chi connectivity index (χ0) is 23.0. The average molecular weight is 459 g/mol. The molecular weight excluding hydrogens is 428 g/mol. The number of carbonyl (C=O) groups is 1. The molecule has 3 saturated heterocycles. The van der Waals surface area contributed by atoms with Crippen molar-refractivity contribution in [2.45, 2.75) is 50.4 Å². The van der Waals surface area contributed by atoms with Crippen LogP contribution >= 0.6 is 0 Å². The Morgan fingerprint density at radius 1 is 1.06 bits per heavy atom. The lowest BCUT2D eigenvalue weighted by atomic mass is 9.80. The molecule has 7 nitrogen and oxygen atoms in total. The van der Waals surface area contributed by atoms with Crippen LogP contribution in [0.25, 0.3) is 0 Å². The van der Waals surface area contributed by atoms with Gasteiger partial charge in [0.05, 0.1) is 5.92 Å². The number of fused-ring (bicyclic) bond motifs is 4. The summed E-state index contributed by atoms with van der Waals surface area (Å²) in [7, 11) is 0. The van der Waals surface area contributed by atoms with Crippen molar-refractivity contribution in [1.82, 2.24) is 9.80 Å². The van der Waals surface area contributed by atoms with Crippen LogP contribution in [-0.2, 0) is 11.3 Å². The number of amidine groups is 1. The van der Waals surface area contributed by atoms with E-state index in [1.807, 2.05) is 24.3 Å². The maximum absolute atomic E-state index is 14.1. The van der Waals surface area contributed by atoms with Gasteiger partial charge in [-0.15, -0.1) is 0 Å². The van der Waals surface area contributed by atoms with Gasteiger partial charge in [0, 0.05) is 36.2 Å². The van der Waals surface area contributed by atoms with Crippen molar-refractivity contribution >= 4 is 11.7 Å². The van der Waals surface area contributed by atoms with Crippen molar-refractivity contribution in [3.05, 3.63) is 59.2 Å². The van der Waals surface area contributed by atoms with E-state index in [4.69, 9.17) is 20.6 Å². The fourth-order valence-corrected chi connectivity index (χ4v) is 7.20. The van der Waals surface area contributed by atoms with Crippen LogP contribution in [0.1, 0.15) is 48.4 Å². The molecule has 3 N–H and O–H groups in total. The summed E-state index contributed by atoms with van der Waals surface area (Å²) >= 11 is 0. The fourth-order valence-electron chi connectivity index (χ4n) is 7.20. The Balaban J connectivity index is 1.24. The van der Waals surface area contributed by atoms with Gasteiger partial charge in [0.1, 0.15) is 5.84 Å². The van der Waals surface area contributed by atoms with E-state index in [1.165, 1.54) is 31.2 Å². The highest BCUT2D eigenvalue weighted by molar-refractivity contribution is 5.95. The van der Waals surface area contributed by atoms with E-state index >= 15 is 0 Å². The van der Waals surface area contributed by atoms with Gasteiger partial charge in [-0.1, -0.05) is 30.3 Å². The van der Waals surface area contributed by atoms with Gasteiger partial charge in [-0.25, -0.2) is 0 Å². The number of nitrogen functional groups attached to an aromatic ring is 1. The smallest absolute Gasteiger partial charge is 0.231 e. The topological polar surface area (TPSA) is 91.9 Å². The van der Waals surface area contributed by atoms with Gasteiger partial charge in [0.25, 0.3) is 0 Å². The molecule has 0 spiro atoms. The second-order valence-electron chi connectivity index (χ2n) is 10.5. The lowest BCUT2D eigenvalue weighted by Gasteiger charge is -2.33. The number of nitrogens with two attached hydrogens (primary N) is 1. The average Bonchev–Trinajstić information content (AvgIpc) is 3.17. The maximum atomic E-state index is 14.1. The van der Waals surface area contributed by atoms with E-state index in [1.54, 1.807) is 0 Å². The highest BCUT2D eigenvalue weighted by atomic mass is 16.7. The van der Waals surface area contributed by atoms with E-state index in [-0.39, 0.29) is 24.6 Å². The molecule has 34 heavy (non-hydrogen) atoms. The summed E-state index contributed by atoms with van der Waals surface area (Å²) in [5, 5.41) is 7.73. The number of carbonyl (C=O) groups excluding carboxylic acids is 1. The fraction of sp³-hybridized carbons (Fsp3) is 0.481. The molecule has 1 unspecified atom stereocenters. The molecule has 4 fully saturated rings. The second-order valence-corrected chi connectivity index (χ2v) is 10.5. The first-order valence-corrected chi connectivity index (χ1v) is 12.5. The first kappa shape index (κ1) is 20.3. The monoisotopic (exact) mass is 458 g/mol. The van der Waals surface area contributed by atoms with E-state index in [0.29, 0.717) is 36.4 Å². The van der Waals surface area contributed by atoms with Gasteiger partial charge in [-0.3, -0.25) is 15.1 Å². The molecule has 5 atom stereocenters. The number of nitrogens with zero attached hydrogens (tertiary/aromatic N) is 2. The van der Waals surface area contributed by atoms with Crippen molar-refractivity contribution in [2.75, 3.05) is 13.3 Å². The molecule has 176 valence electrons. The Bertz CT molecular complexity index is 1160. The zero-order valence-corrected chi connectivity index (χ0v) is 19.2. The van der Waals surface area contributed by atoms with E-state index in [0.717, 1.165) is 29.2 Å². The van der Waals surface area contributed by atoms with Crippen LogP contribution in [0.3, 0.4) is 0 Å². The highest BCUT2D eigenvalue weighted by Crippen LogP contribution is 2.59. The van der Waals surface area contributed by atoms with Gasteiger partial charge in [0.2, 0.25) is 12.7 Å². The molecule has 0 bridgehead atoms. The number of hydrogen-bond acceptors (Lipinski definition) is 5. The van der Waals surface area contributed by atoms with Crippen LogP contribution in [0.2, 0.25) is 0 Å². The molecule has 2 aromatic carbocycles. The normalized spacial score (nSPS) is 31.7. The highest BCUT2D eigenvalue weighted by Gasteiger charge is 2.64. The molecule has 1 aliphatic carbocycles. The summed E-state index contributed by atoms with van der Waals surface area (Å²) in [6.07, 6.45) is 4.83. The van der Waals surface area contributed by atoms with Crippen LogP contribution in [0.5, 0.6) is 11.5 Å². The Kier molecular flexibility index (Phi) is 4.47. The third-order valence-electron chi connectivity index (χ3n) is 8.68. The number of hydrogen-bond donors (Lipinski definition) is 2. The van der Waals surface area contributed by atoms with Crippen molar-refractivity contribution < 1.29 is 14.3 Å². The summed E-state index contributed by atoms with van der Waals surface area (Å²) in [6.45, 7) is 1.95. The van der Waals surface area contributed by atoms with Gasteiger partial charge in [-0.05, 0) is 61.4 Å². The first-order chi connectivity index (χ1) is 16.6. The van der Waals surface area contributed by atoms with Crippen molar-refractivity contribution in [3.63, 3.8) is 0 Å². The van der Waals surface area contributed by atoms with Crippen LogP contribution in [0, 0.1) is 23.2 Å². The van der Waals surface area contributed by atoms with Crippen molar-refractivity contribution in [3.8, 4) is 11.5 Å². The lowest BCUT2D eigenvalue weighted by Crippen LogP contribution is -2.42. The van der Waals surface area contributed by atoms with Gasteiger partial charge >= 0.3 is 0 Å². The summed E-state index contributed by atoms with van der Waals surface area (Å²) in [6, 6.07) is 15.0. The molecule has 7 rings (SSSR count). The molecule has 5 aliphatic rings. The molecule has 1 saturated carbocycles. The number of nitrogens with one attached hydrogen (secondary N) is 1.